The number of allylic oxidation sites excluding steroid dienone is 1. The Kier molecular flexibility index (Phi) is 4.39. The molecule has 1 saturated heterocycles. The van der Waals surface area contributed by atoms with Crippen LogP contribution in [0.4, 0.5) is 0 Å². The number of hydrogen-bond donors (Lipinski definition) is 2. The number of ether oxygens (including phenoxy) is 2. The Balaban J connectivity index is 1.93. The van der Waals surface area contributed by atoms with Gasteiger partial charge in [-0.3, -0.25) is 9.59 Å². The van der Waals surface area contributed by atoms with Crippen LogP contribution < -0.4 is 0 Å². The first-order valence-corrected chi connectivity index (χ1v) is 10.4. The smallest absolute Gasteiger partial charge is 0.303 e. The number of aliphatic hydroxyl groups excluding tert-OH is 1. The van der Waals surface area contributed by atoms with Crippen LogP contribution in [-0.4, -0.2) is 52.5 Å². The molecule has 28 heavy (non-hydrogen) atoms. The molecule has 0 amide bonds. The lowest BCUT2D eigenvalue weighted by molar-refractivity contribution is -0.242. The molecule has 1 heterocycles. The van der Waals surface area contributed by atoms with Crippen LogP contribution in [0.25, 0.3) is 0 Å². The molecule has 6 heteroatoms. The van der Waals surface area contributed by atoms with Gasteiger partial charge in [0.05, 0.1) is 29.8 Å². The Morgan fingerprint density at radius 3 is 2.54 bits per heavy atom. The number of ketones is 1. The molecule has 4 rings (SSSR count). The van der Waals surface area contributed by atoms with Crippen molar-refractivity contribution in [3.8, 4) is 0 Å². The van der Waals surface area contributed by atoms with Crippen LogP contribution in [0, 0.1) is 22.7 Å². The molecule has 2 N–H and O–H groups in total. The maximum absolute atomic E-state index is 13.9. The van der Waals surface area contributed by atoms with Gasteiger partial charge in [-0.25, -0.2) is 0 Å². The molecule has 2 bridgehead atoms. The molecule has 0 spiro atoms. The fraction of sp³-hybridized carbons (Fsp3) is 0.818. The number of carbonyl (C=O) groups excluding carboxylic acids is 2. The van der Waals surface area contributed by atoms with E-state index in [1.807, 2.05) is 20.8 Å². The zero-order chi connectivity index (χ0) is 20.6. The van der Waals surface area contributed by atoms with Gasteiger partial charge in [0, 0.05) is 24.7 Å². The molecule has 0 unspecified atom stereocenters. The van der Waals surface area contributed by atoms with Crippen LogP contribution >= 0.6 is 0 Å². The lowest BCUT2D eigenvalue weighted by Gasteiger charge is -2.62. The molecule has 0 aromatic carbocycles. The summed E-state index contributed by atoms with van der Waals surface area (Å²) in [6.07, 6.45) is 0.0623. The van der Waals surface area contributed by atoms with Crippen molar-refractivity contribution in [2.45, 2.75) is 84.2 Å². The summed E-state index contributed by atoms with van der Waals surface area (Å²) in [5, 5.41) is 22.9. The SMILES string of the molecule is CC(=O)O[C@H]1C(=O)[C@@]2(C)[C@H](C[C@]3(O)CCC(C)=C1C3(C)C)[C@@H]1CO[C@@H]1C[C@@H]2O. The summed E-state index contributed by atoms with van der Waals surface area (Å²) in [5.41, 5.74) is -1.14. The first-order valence-electron chi connectivity index (χ1n) is 10.4. The minimum atomic E-state index is -1.08. The van der Waals surface area contributed by atoms with Gasteiger partial charge in [0.1, 0.15) is 0 Å². The lowest BCUT2D eigenvalue weighted by atomic mass is 9.47. The predicted octanol–water partition coefficient (Wildman–Crippen LogP) is 2.16. The second-order valence-corrected chi connectivity index (χ2v) is 10.1. The minimum Gasteiger partial charge on any atom is -0.450 e. The second-order valence-electron chi connectivity index (χ2n) is 10.1. The molecule has 3 fully saturated rings. The Labute approximate surface area is 166 Å². The number of carbonyl (C=O) groups is 2. The molecule has 1 aliphatic heterocycles. The quantitative estimate of drug-likeness (QED) is 0.525. The van der Waals surface area contributed by atoms with Crippen LogP contribution in [-0.2, 0) is 19.1 Å². The monoisotopic (exact) mass is 392 g/mol. The van der Waals surface area contributed by atoms with E-state index in [-0.39, 0.29) is 23.7 Å². The van der Waals surface area contributed by atoms with Gasteiger partial charge in [-0.05, 0) is 44.6 Å². The van der Waals surface area contributed by atoms with E-state index in [0.717, 1.165) is 5.57 Å². The van der Waals surface area contributed by atoms with Gasteiger partial charge in [-0.2, -0.15) is 0 Å². The molecule has 0 aromatic heterocycles. The van der Waals surface area contributed by atoms with Crippen molar-refractivity contribution in [2.75, 3.05) is 6.61 Å². The van der Waals surface area contributed by atoms with Crippen molar-refractivity contribution >= 4 is 11.8 Å². The highest BCUT2D eigenvalue weighted by atomic mass is 16.5. The van der Waals surface area contributed by atoms with E-state index in [1.54, 1.807) is 6.92 Å². The molecule has 156 valence electrons. The van der Waals surface area contributed by atoms with E-state index < -0.39 is 34.6 Å². The van der Waals surface area contributed by atoms with Gasteiger partial charge in [0.25, 0.3) is 0 Å². The third-order valence-corrected chi connectivity index (χ3v) is 8.50. The Bertz CT molecular complexity index is 754. The fourth-order valence-electron chi connectivity index (χ4n) is 6.42. The number of aliphatic hydroxyl groups is 2. The topological polar surface area (TPSA) is 93.1 Å². The van der Waals surface area contributed by atoms with Crippen LogP contribution in [0.1, 0.15) is 60.3 Å². The van der Waals surface area contributed by atoms with E-state index in [2.05, 4.69) is 0 Å². The second kappa shape index (κ2) is 6.13. The minimum absolute atomic E-state index is 0.0699. The summed E-state index contributed by atoms with van der Waals surface area (Å²) >= 11 is 0. The summed E-state index contributed by atoms with van der Waals surface area (Å²) < 4.78 is 11.3. The van der Waals surface area contributed by atoms with Gasteiger partial charge in [0.15, 0.2) is 11.9 Å². The van der Waals surface area contributed by atoms with Gasteiger partial charge in [0.2, 0.25) is 0 Å². The highest BCUT2D eigenvalue weighted by molar-refractivity contribution is 5.94. The summed E-state index contributed by atoms with van der Waals surface area (Å²) in [6.45, 7) is 9.49. The van der Waals surface area contributed by atoms with Crippen molar-refractivity contribution in [2.24, 2.45) is 22.7 Å². The third-order valence-electron chi connectivity index (χ3n) is 8.50. The van der Waals surface area contributed by atoms with Crippen molar-refractivity contribution in [3.05, 3.63) is 11.1 Å². The Morgan fingerprint density at radius 2 is 1.96 bits per heavy atom. The van der Waals surface area contributed by atoms with Gasteiger partial charge in [-0.15, -0.1) is 0 Å². The zero-order valence-corrected chi connectivity index (χ0v) is 17.4. The van der Waals surface area contributed by atoms with Crippen molar-refractivity contribution < 1.29 is 29.3 Å². The third kappa shape index (κ3) is 2.44. The summed E-state index contributed by atoms with van der Waals surface area (Å²) in [5.74, 6) is -0.857. The van der Waals surface area contributed by atoms with Crippen LogP contribution in [0.5, 0.6) is 0 Å². The van der Waals surface area contributed by atoms with Crippen molar-refractivity contribution in [3.63, 3.8) is 0 Å². The number of rotatable bonds is 1. The van der Waals surface area contributed by atoms with E-state index >= 15 is 0 Å². The van der Waals surface area contributed by atoms with Crippen molar-refractivity contribution in [1.82, 2.24) is 0 Å². The number of fused-ring (bicyclic) bond motifs is 5. The fourth-order valence-corrected chi connectivity index (χ4v) is 6.42. The molecular formula is C22H32O6. The van der Waals surface area contributed by atoms with E-state index in [1.165, 1.54) is 6.92 Å². The molecule has 7 atom stereocenters. The molecule has 0 aromatic rings. The van der Waals surface area contributed by atoms with E-state index in [9.17, 15) is 19.8 Å². The molecule has 0 radical (unpaired) electrons. The molecule has 4 aliphatic rings. The van der Waals surface area contributed by atoms with E-state index in [0.29, 0.717) is 37.9 Å². The molecule has 6 nitrogen and oxygen atoms in total. The molecule has 3 aliphatic carbocycles. The zero-order valence-electron chi connectivity index (χ0n) is 17.4. The molecular weight excluding hydrogens is 360 g/mol. The predicted molar refractivity (Wildman–Crippen MR) is 101 cm³/mol. The lowest BCUT2D eigenvalue weighted by Crippen LogP contribution is -2.68. The number of hydrogen-bond acceptors (Lipinski definition) is 6. The maximum atomic E-state index is 13.9. The van der Waals surface area contributed by atoms with Crippen LogP contribution in [0.15, 0.2) is 11.1 Å². The first-order chi connectivity index (χ1) is 12.9. The average molecular weight is 392 g/mol. The number of esters is 1. The number of Topliss-reactive ketones (excluding diaryl/α,β-unsaturated/α-hetero) is 1. The first kappa shape index (κ1) is 20.0. The summed E-state index contributed by atoms with van der Waals surface area (Å²) in [7, 11) is 0. The Morgan fingerprint density at radius 1 is 1.29 bits per heavy atom. The van der Waals surface area contributed by atoms with Crippen LogP contribution in [0.2, 0.25) is 0 Å². The van der Waals surface area contributed by atoms with Crippen LogP contribution in [0.3, 0.4) is 0 Å². The van der Waals surface area contributed by atoms with E-state index in [4.69, 9.17) is 9.47 Å². The standard InChI is InChI=1S/C22H32O6/c1-11-6-7-22(26)9-14-13-10-27-15(13)8-16(24)21(14,5)19(25)18(28-12(2)23)17(11)20(22,3)4/h13-16,18,24,26H,6-10H2,1-5H3/t13-,14+,15+,16-,18+,21-,22+/m0/s1. The molecule has 2 saturated carbocycles. The van der Waals surface area contributed by atoms with Gasteiger partial charge >= 0.3 is 5.97 Å². The summed E-state index contributed by atoms with van der Waals surface area (Å²) in [6, 6.07) is 0. The highest BCUT2D eigenvalue weighted by Crippen LogP contribution is 2.61. The van der Waals surface area contributed by atoms with Gasteiger partial charge in [-0.1, -0.05) is 19.4 Å². The van der Waals surface area contributed by atoms with Crippen molar-refractivity contribution in [1.29, 1.82) is 0 Å². The Hall–Kier alpha value is -1.24. The maximum Gasteiger partial charge on any atom is 0.303 e. The van der Waals surface area contributed by atoms with Gasteiger partial charge < -0.3 is 19.7 Å². The average Bonchev–Trinajstić information content (AvgIpc) is 2.57. The normalized spacial score (nSPS) is 47.2. The highest BCUT2D eigenvalue weighted by Gasteiger charge is 2.66. The summed E-state index contributed by atoms with van der Waals surface area (Å²) in [4.78, 5) is 25.9. The largest absolute Gasteiger partial charge is 0.450 e.